The van der Waals surface area contributed by atoms with E-state index in [9.17, 15) is 0 Å². The van der Waals surface area contributed by atoms with Crippen molar-refractivity contribution < 1.29 is 4.52 Å². The van der Waals surface area contributed by atoms with E-state index in [1.54, 1.807) is 12.1 Å². The maximum absolute atomic E-state index is 6.13. The van der Waals surface area contributed by atoms with Gasteiger partial charge in [0.1, 0.15) is 0 Å². The zero-order valence-corrected chi connectivity index (χ0v) is 12.4. The second kappa shape index (κ2) is 6.12. The number of hydrogen-bond donors (Lipinski definition) is 1. The maximum atomic E-state index is 6.13. The van der Waals surface area contributed by atoms with Crippen LogP contribution in [0, 0.1) is 5.92 Å². The lowest BCUT2D eigenvalue weighted by atomic mass is 10.1. The molecule has 0 unspecified atom stereocenters. The number of benzene rings is 1. The third kappa shape index (κ3) is 3.72. The SMILES string of the molecule is Clc1ccc(Cc2noc(CNCC3CC3)n2)c(Cl)c1. The van der Waals surface area contributed by atoms with Crippen LogP contribution in [0.25, 0.3) is 0 Å². The number of rotatable bonds is 6. The molecule has 2 aromatic rings. The van der Waals surface area contributed by atoms with Gasteiger partial charge in [-0.3, -0.25) is 0 Å². The minimum absolute atomic E-state index is 0.544. The fraction of sp³-hybridized carbons (Fsp3) is 0.429. The van der Waals surface area contributed by atoms with Gasteiger partial charge in [0.05, 0.1) is 6.54 Å². The molecule has 4 nitrogen and oxygen atoms in total. The fourth-order valence-corrected chi connectivity index (χ4v) is 2.45. The van der Waals surface area contributed by atoms with E-state index in [0.717, 1.165) is 18.0 Å². The van der Waals surface area contributed by atoms with Crippen molar-refractivity contribution in [3.05, 3.63) is 45.5 Å². The van der Waals surface area contributed by atoms with Crippen LogP contribution < -0.4 is 5.32 Å². The number of halogens is 2. The number of nitrogens with one attached hydrogen (secondary N) is 1. The quantitative estimate of drug-likeness (QED) is 0.887. The maximum Gasteiger partial charge on any atom is 0.240 e. The summed E-state index contributed by atoms with van der Waals surface area (Å²) >= 11 is 12.0. The van der Waals surface area contributed by atoms with Gasteiger partial charge in [-0.1, -0.05) is 34.4 Å². The van der Waals surface area contributed by atoms with E-state index in [0.29, 0.717) is 34.7 Å². The second-order valence-electron chi connectivity index (χ2n) is 5.09. The third-order valence-corrected chi connectivity index (χ3v) is 3.87. The highest BCUT2D eigenvalue weighted by atomic mass is 35.5. The monoisotopic (exact) mass is 311 g/mol. The summed E-state index contributed by atoms with van der Waals surface area (Å²) in [5.41, 5.74) is 0.939. The van der Waals surface area contributed by atoms with Crippen LogP contribution >= 0.6 is 23.2 Å². The topological polar surface area (TPSA) is 51.0 Å². The zero-order valence-electron chi connectivity index (χ0n) is 10.9. The Morgan fingerprint density at radius 1 is 1.30 bits per heavy atom. The largest absolute Gasteiger partial charge is 0.338 e. The molecule has 0 radical (unpaired) electrons. The summed E-state index contributed by atoms with van der Waals surface area (Å²) in [5, 5.41) is 8.53. The molecule has 6 heteroatoms. The van der Waals surface area contributed by atoms with Crippen molar-refractivity contribution in [2.75, 3.05) is 6.54 Å². The smallest absolute Gasteiger partial charge is 0.240 e. The van der Waals surface area contributed by atoms with Crippen LogP contribution in [-0.4, -0.2) is 16.7 Å². The van der Waals surface area contributed by atoms with Gasteiger partial charge in [0, 0.05) is 16.5 Å². The van der Waals surface area contributed by atoms with Crippen molar-refractivity contribution in [3.8, 4) is 0 Å². The lowest BCUT2D eigenvalue weighted by Gasteiger charge is -2.01. The molecule has 1 N–H and O–H groups in total. The highest BCUT2D eigenvalue weighted by Crippen LogP contribution is 2.27. The summed E-state index contributed by atoms with van der Waals surface area (Å²) in [6.45, 7) is 1.65. The van der Waals surface area contributed by atoms with Gasteiger partial charge in [0.25, 0.3) is 0 Å². The average molecular weight is 312 g/mol. The number of aromatic nitrogens is 2. The van der Waals surface area contributed by atoms with Crippen LogP contribution in [-0.2, 0) is 13.0 Å². The molecule has 0 amide bonds. The predicted octanol–water partition coefficient (Wildman–Crippen LogP) is 3.47. The molecule has 1 saturated carbocycles. The van der Waals surface area contributed by atoms with Gasteiger partial charge >= 0.3 is 0 Å². The summed E-state index contributed by atoms with van der Waals surface area (Å²) in [6, 6.07) is 5.41. The van der Waals surface area contributed by atoms with E-state index < -0.39 is 0 Å². The van der Waals surface area contributed by atoms with Gasteiger partial charge in [0.15, 0.2) is 5.82 Å². The lowest BCUT2D eigenvalue weighted by molar-refractivity contribution is 0.362. The molecule has 0 saturated heterocycles. The number of hydrogen-bond acceptors (Lipinski definition) is 4. The van der Waals surface area contributed by atoms with Crippen LogP contribution in [0.3, 0.4) is 0 Å². The van der Waals surface area contributed by atoms with Gasteiger partial charge in [-0.05, 0) is 43.0 Å². The molecule has 20 heavy (non-hydrogen) atoms. The minimum atomic E-state index is 0.544. The highest BCUT2D eigenvalue weighted by molar-refractivity contribution is 6.35. The summed E-state index contributed by atoms with van der Waals surface area (Å²) < 4.78 is 5.21. The van der Waals surface area contributed by atoms with Gasteiger partial charge in [-0.25, -0.2) is 0 Å². The highest BCUT2D eigenvalue weighted by Gasteiger charge is 2.20. The molecule has 3 rings (SSSR count). The van der Waals surface area contributed by atoms with Gasteiger partial charge in [-0.15, -0.1) is 0 Å². The number of nitrogens with zero attached hydrogens (tertiary/aromatic N) is 2. The molecule has 1 aliphatic rings. The Bertz CT molecular complexity index is 596. The molecule has 1 fully saturated rings. The van der Waals surface area contributed by atoms with Gasteiger partial charge in [0.2, 0.25) is 5.89 Å². The molecule has 106 valence electrons. The van der Waals surface area contributed by atoms with E-state index in [1.165, 1.54) is 12.8 Å². The van der Waals surface area contributed by atoms with E-state index in [-0.39, 0.29) is 0 Å². The molecule has 0 atom stereocenters. The van der Waals surface area contributed by atoms with Crippen molar-refractivity contribution in [1.82, 2.24) is 15.5 Å². The normalized spacial score (nSPS) is 14.7. The van der Waals surface area contributed by atoms with E-state index in [2.05, 4.69) is 15.5 Å². The summed E-state index contributed by atoms with van der Waals surface area (Å²) in [4.78, 5) is 4.35. The van der Waals surface area contributed by atoms with Crippen molar-refractivity contribution in [1.29, 1.82) is 0 Å². The Labute approximate surface area is 127 Å². The Morgan fingerprint density at radius 2 is 2.15 bits per heavy atom. The Hall–Kier alpha value is -1.10. The molecular weight excluding hydrogens is 297 g/mol. The summed E-state index contributed by atoms with van der Waals surface area (Å²) in [5.74, 6) is 2.09. The van der Waals surface area contributed by atoms with E-state index in [4.69, 9.17) is 27.7 Å². The van der Waals surface area contributed by atoms with Gasteiger partial charge < -0.3 is 9.84 Å². The Kier molecular flexibility index (Phi) is 4.24. The average Bonchev–Trinajstić information content (AvgIpc) is 3.12. The summed E-state index contributed by atoms with van der Waals surface area (Å²) in [6.07, 6.45) is 3.20. The van der Waals surface area contributed by atoms with Crippen LogP contribution in [0.2, 0.25) is 10.0 Å². The second-order valence-corrected chi connectivity index (χ2v) is 5.93. The lowest BCUT2D eigenvalue weighted by Crippen LogP contribution is -2.16. The molecule has 1 aromatic carbocycles. The molecular formula is C14H15Cl2N3O. The van der Waals surface area contributed by atoms with Crippen LogP contribution in [0.1, 0.15) is 30.1 Å². The fourth-order valence-electron chi connectivity index (χ4n) is 1.97. The Balaban J connectivity index is 1.58. The predicted molar refractivity (Wildman–Crippen MR) is 78.0 cm³/mol. The van der Waals surface area contributed by atoms with Gasteiger partial charge in [-0.2, -0.15) is 4.98 Å². The molecule has 0 bridgehead atoms. The van der Waals surface area contributed by atoms with Crippen LogP contribution in [0.4, 0.5) is 0 Å². The molecule has 1 heterocycles. The first-order valence-corrected chi connectivity index (χ1v) is 7.42. The van der Waals surface area contributed by atoms with Crippen molar-refractivity contribution in [2.45, 2.75) is 25.8 Å². The molecule has 0 spiro atoms. The third-order valence-electron chi connectivity index (χ3n) is 3.28. The zero-order chi connectivity index (χ0) is 13.9. The molecule has 0 aliphatic heterocycles. The van der Waals surface area contributed by atoms with Crippen LogP contribution in [0.15, 0.2) is 22.7 Å². The van der Waals surface area contributed by atoms with Crippen molar-refractivity contribution in [3.63, 3.8) is 0 Å². The van der Waals surface area contributed by atoms with Crippen molar-refractivity contribution >= 4 is 23.2 Å². The molecule has 1 aromatic heterocycles. The Morgan fingerprint density at radius 3 is 2.90 bits per heavy atom. The standard InChI is InChI=1S/C14H15Cl2N3O/c15-11-4-3-10(12(16)6-11)5-13-18-14(20-19-13)8-17-7-9-1-2-9/h3-4,6,9,17H,1-2,5,7-8H2. The first kappa shape index (κ1) is 13.9. The van der Waals surface area contributed by atoms with Crippen LogP contribution in [0.5, 0.6) is 0 Å². The van der Waals surface area contributed by atoms with E-state index >= 15 is 0 Å². The first-order chi connectivity index (χ1) is 9.70. The van der Waals surface area contributed by atoms with Crippen molar-refractivity contribution in [2.24, 2.45) is 5.92 Å². The molecule has 1 aliphatic carbocycles. The summed E-state index contributed by atoms with van der Waals surface area (Å²) in [7, 11) is 0. The van der Waals surface area contributed by atoms with E-state index in [1.807, 2.05) is 6.07 Å². The first-order valence-electron chi connectivity index (χ1n) is 6.67. The minimum Gasteiger partial charge on any atom is -0.338 e.